The highest BCUT2D eigenvalue weighted by molar-refractivity contribution is 9.10. The molecule has 0 aliphatic carbocycles. The van der Waals surface area contributed by atoms with E-state index in [2.05, 4.69) is 52.9 Å². The zero-order valence-corrected chi connectivity index (χ0v) is 20.7. The van der Waals surface area contributed by atoms with Crippen molar-refractivity contribution in [2.45, 2.75) is 26.2 Å². The summed E-state index contributed by atoms with van der Waals surface area (Å²) in [6.07, 6.45) is 0. The fourth-order valence-corrected chi connectivity index (χ4v) is 3.45. The summed E-state index contributed by atoms with van der Waals surface area (Å²) in [6, 6.07) is 20.8. The molecule has 0 unspecified atom stereocenters. The molecule has 3 N–H and O–H groups in total. The molecule has 0 aromatic heterocycles. The molecule has 0 bridgehead atoms. The average molecular weight is 524 g/mol. The molecule has 0 fully saturated rings. The second-order valence-corrected chi connectivity index (χ2v) is 9.49. The van der Waals surface area contributed by atoms with Crippen molar-refractivity contribution in [1.29, 1.82) is 0 Å². The smallest absolute Gasteiger partial charge is 0.276 e. The standard InChI is InChI=1S/C26H26BrN3O4/c1-26(2,3)21-15-19(27)11-14-22(21)34-16-23(31)29-30-25(33)18-9-12-20(13-10-18)28-24(32)17-7-5-4-6-8-17/h4-15H,16H2,1-3H3,(H,28,32)(H,29,31)(H,30,33). The molecule has 3 aromatic rings. The lowest BCUT2D eigenvalue weighted by Crippen LogP contribution is -2.43. The van der Waals surface area contributed by atoms with Crippen molar-refractivity contribution >= 4 is 39.3 Å². The van der Waals surface area contributed by atoms with Gasteiger partial charge in [0, 0.05) is 26.9 Å². The molecular weight excluding hydrogens is 498 g/mol. The molecule has 3 aromatic carbocycles. The number of hydrazine groups is 1. The van der Waals surface area contributed by atoms with Gasteiger partial charge in [0.05, 0.1) is 0 Å². The molecule has 3 amide bonds. The minimum atomic E-state index is -0.497. The Bertz CT molecular complexity index is 1170. The van der Waals surface area contributed by atoms with Gasteiger partial charge in [-0.25, -0.2) is 0 Å². The number of benzene rings is 3. The normalized spacial score (nSPS) is 10.8. The van der Waals surface area contributed by atoms with E-state index in [-0.39, 0.29) is 17.9 Å². The van der Waals surface area contributed by atoms with Gasteiger partial charge in [-0.1, -0.05) is 54.9 Å². The van der Waals surface area contributed by atoms with E-state index in [1.54, 1.807) is 54.6 Å². The van der Waals surface area contributed by atoms with Crippen LogP contribution in [0.15, 0.2) is 77.3 Å². The highest BCUT2D eigenvalue weighted by Crippen LogP contribution is 2.33. The van der Waals surface area contributed by atoms with Crippen molar-refractivity contribution in [3.8, 4) is 5.75 Å². The topological polar surface area (TPSA) is 96.5 Å². The molecule has 7 nitrogen and oxygen atoms in total. The summed E-state index contributed by atoms with van der Waals surface area (Å²) < 4.78 is 6.61. The molecule has 0 spiro atoms. The summed E-state index contributed by atoms with van der Waals surface area (Å²) in [6.45, 7) is 5.91. The van der Waals surface area contributed by atoms with Gasteiger partial charge in [-0.3, -0.25) is 25.2 Å². The number of anilines is 1. The first-order valence-corrected chi connectivity index (χ1v) is 11.4. The number of rotatable bonds is 6. The van der Waals surface area contributed by atoms with Crippen LogP contribution in [0.3, 0.4) is 0 Å². The summed E-state index contributed by atoms with van der Waals surface area (Å²) in [4.78, 5) is 36.7. The summed E-state index contributed by atoms with van der Waals surface area (Å²) >= 11 is 3.46. The van der Waals surface area contributed by atoms with Crippen molar-refractivity contribution in [2.75, 3.05) is 11.9 Å². The van der Waals surface area contributed by atoms with Crippen LogP contribution in [0.5, 0.6) is 5.75 Å². The van der Waals surface area contributed by atoms with E-state index in [1.807, 2.05) is 18.2 Å². The Morgan fingerprint density at radius 2 is 1.47 bits per heavy atom. The number of amides is 3. The molecule has 3 rings (SSSR count). The first-order chi connectivity index (χ1) is 16.1. The van der Waals surface area contributed by atoms with Crippen molar-refractivity contribution < 1.29 is 19.1 Å². The van der Waals surface area contributed by atoms with Gasteiger partial charge in [0.25, 0.3) is 17.7 Å². The molecule has 0 saturated carbocycles. The fourth-order valence-electron chi connectivity index (χ4n) is 3.09. The number of nitrogens with one attached hydrogen (secondary N) is 3. The van der Waals surface area contributed by atoms with Crippen molar-refractivity contribution in [3.63, 3.8) is 0 Å². The van der Waals surface area contributed by atoms with Crippen LogP contribution in [0.4, 0.5) is 5.69 Å². The van der Waals surface area contributed by atoms with E-state index >= 15 is 0 Å². The van der Waals surface area contributed by atoms with Crippen LogP contribution in [-0.2, 0) is 10.2 Å². The maximum atomic E-state index is 12.3. The quantitative estimate of drug-likeness (QED) is 0.402. The minimum absolute atomic E-state index is 0.170. The number of carbonyl (C=O) groups excluding carboxylic acids is 3. The monoisotopic (exact) mass is 523 g/mol. The molecule has 0 saturated heterocycles. The highest BCUT2D eigenvalue weighted by Gasteiger charge is 2.20. The third-order valence-corrected chi connectivity index (χ3v) is 5.36. The molecule has 176 valence electrons. The number of ether oxygens (including phenoxy) is 1. The molecule has 34 heavy (non-hydrogen) atoms. The molecule has 0 heterocycles. The first kappa shape index (κ1) is 25.0. The third-order valence-electron chi connectivity index (χ3n) is 4.86. The Balaban J connectivity index is 1.50. The second-order valence-electron chi connectivity index (χ2n) is 8.58. The minimum Gasteiger partial charge on any atom is -0.483 e. The van der Waals surface area contributed by atoms with Crippen LogP contribution in [0.2, 0.25) is 0 Å². The Kier molecular flexibility index (Phi) is 8.07. The molecule has 8 heteroatoms. The number of hydrogen-bond acceptors (Lipinski definition) is 4. The van der Waals surface area contributed by atoms with E-state index < -0.39 is 11.8 Å². The van der Waals surface area contributed by atoms with Crippen LogP contribution in [0.25, 0.3) is 0 Å². The van der Waals surface area contributed by atoms with Crippen LogP contribution < -0.4 is 20.9 Å². The van der Waals surface area contributed by atoms with E-state index in [0.717, 1.165) is 10.0 Å². The van der Waals surface area contributed by atoms with Gasteiger partial charge in [0.1, 0.15) is 5.75 Å². The zero-order chi connectivity index (χ0) is 24.7. The maximum absolute atomic E-state index is 12.3. The van der Waals surface area contributed by atoms with Gasteiger partial charge in [-0.15, -0.1) is 0 Å². The van der Waals surface area contributed by atoms with Gasteiger partial charge in [0.15, 0.2) is 6.61 Å². The summed E-state index contributed by atoms with van der Waals surface area (Å²) in [5, 5.41) is 2.77. The van der Waals surface area contributed by atoms with Crippen LogP contribution in [-0.4, -0.2) is 24.3 Å². The van der Waals surface area contributed by atoms with Crippen molar-refractivity contribution in [2.24, 2.45) is 0 Å². The van der Waals surface area contributed by atoms with Crippen molar-refractivity contribution in [1.82, 2.24) is 10.9 Å². The SMILES string of the molecule is CC(C)(C)c1cc(Br)ccc1OCC(=O)NNC(=O)c1ccc(NC(=O)c2ccccc2)cc1. The Morgan fingerprint density at radius 1 is 0.824 bits per heavy atom. The van der Waals surface area contributed by atoms with E-state index in [0.29, 0.717) is 22.6 Å². The zero-order valence-electron chi connectivity index (χ0n) is 19.1. The molecule has 0 aliphatic heterocycles. The van der Waals surface area contributed by atoms with Crippen LogP contribution >= 0.6 is 15.9 Å². The van der Waals surface area contributed by atoms with Gasteiger partial charge >= 0.3 is 0 Å². The van der Waals surface area contributed by atoms with E-state index in [1.165, 1.54) is 0 Å². The van der Waals surface area contributed by atoms with Gasteiger partial charge in [-0.05, 0) is 60.0 Å². The lowest BCUT2D eigenvalue weighted by Gasteiger charge is -2.23. The molecule has 0 atom stereocenters. The fraction of sp³-hybridized carbons (Fsp3) is 0.192. The highest BCUT2D eigenvalue weighted by atomic mass is 79.9. The second kappa shape index (κ2) is 11.0. The molecule has 0 aliphatic rings. The third kappa shape index (κ3) is 6.92. The number of hydrogen-bond donors (Lipinski definition) is 3. The number of carbonyl (C=O) groups is 3. The summed E-state index contributed by atoms with van der Waals surface area (Å²) in [7, 11) is 0. The largest absolute Gasteiger partial charge is 0.483 e. The van der Waals surface area contributed by atoms with E-state index in [9.17, 15) is 14.4 Å². The van der Waals surface area contributed by atoms with Gasteiger partial charge < -0.3 is 10.1 Å². The van der Waals surface area contributed by atoms with Gasteiger partial charge in [-0.2, -0.15) is 0 Å². The Labute approximate surface area is 207 Å². The predicted octanol–water partition coefficient (Wildman–Crippen LogP) is 4.84. The predicted molar refractivity (Wildman–Crippen MR) is 135 cm³/mol. The van der Waals surface area contributed by atoms with Crippen LogP contribution in [0, 0.1) is 0 Å². The van der Waals surface area contributed by atoms with Gasteiger partial charge in [0.2, 0.25) is 0 Å². The van der Waals surface area contributed by atoms with Crippen LogP contribution in [0.1, 0.15) is 47.1 Å². The lowest BCUT2D eigenvalue weighted by molar-refractivity contribution is -0.123. The molecule has 0 radical (unpaired) electrons. The maximum Gasteiger partial charge on any atom is 0.276 e. The average Bonchev–Trinajstić information content (AvgIpc) is 2.82. The van der Waals surface area contributed by atoms with Crippen molar-refractivity contribution in [3.05, 3.63) is 94.0 Å². The summed E-state index contributed by atoms with van der Waals surface area (Å²) in [5.74, 6) is -0.632. The molecular formula is C26H26BrN3O4. The Morgan fingerprint density at radius 3 is 2.12 bits per heavy atom. The number of halogens is 1. The summed E-state index contributed by atoms with van der Waals surface area (Å²) in [5.41, 5.74) is 6.90. The Hall–Kier alpha value is -3.65. The first-order valence-electron chi connectivity index (χ1n) is 10.6. The van der Waals surface area contributed by atoms with E-state index in [4.69, 9.17) is 4.74 Å². The lowest BCUT2D eigenvalue weighted by atomic mass is 9.86.